The third-order valence-electron chi connectivity index (χ3n) is 5.71. The molecule has 224 valence electrons. The Balaban J connectivity index is 0.000000290. The molecule has 3 aromatic rings. The van der Waals surface area contributed by atoms with Crippen LogP contribution in [0.1, 0.15) is 76.0 Å². The summed E-state index contributed by atoms with van der Waals surface area (Å²) in [5.41, 5.74) is 4.64. The number of ether oxygens (including phenoxy) is 1. The van der Waals surface area contributed by atoms with Crippen LogP contribution < -0.4 is 25.9 Å². The third kappa shape index (κ3) is 10.2. The maximum absolute atomic E-state index is 13.0. The summed E-state index contributed by atoms with van der Waals surface area (Å²) in [7, 11) is -6.12. The molecule has 5 nitrogen and oxygen atoms in total. The van der Waals surface area contributed by atoms with Gasteiger partial charge in [-0.3, -0.25) is 0 Å². The van der Waals surface area contributed by atoms with Gasteiger partial charge in [-0.2, -0.15) is 8.78 Å². The SMILES string of the molecule is CC(C)c1cc(C(C)C)c([I+]c2ccccc2)c(C(C)C)c1.O=C(Oc1c(I)cc(I)cc1I)C(F)(F)S(=O)(=O)[O-]. The van der Waals surface area contributed by atoms with E-state index in [1.807, 2.05) is 22.6 Å². The van der Waals surface area contributed by atoms with Crippen LogP contribution in [0.5, 0.6) is 5.75 Å². The van der Waals surface area contributed by atoms with Gasteiger partial charge in [0.05, 0.1) is 7.14 Å². The van der Waals surface area contributed by atoms with Crippen molar-refractivity contribution in [2.24, 2.45) is 0 Å². The van der Waals surface area contributed by atoms with Crippen LogP contribution in [0.3, 0.4) is 0 Å². The third-order valence-corrected chi connectivity index (χ3v) is 11.9. The van der Waals surface area contributed by atoms with E-state index in [0.717, 1.165) is 3.57 Å². The molecule has 0 aliphatic rings. The molecule has 3 aromatic carbocycles. The quantitative estimate of drug-likeness (QED) is 0.125. The zero-order valence-electron chi connectivity index (χ0n) is 23.1. The summed E-state index contributed by atoms with van der Waals surface area (Å²) in [4.78, 5) is 11.1. The molecule has 0 aliphatic heterocycles. The molecule has 12 heteroatoms. The second kappa shape index (κ2) is 15.7. The molecule has 0 amide bonds. The van der Waals surface area contributed by atoms with Crippen molar-refractivity contribution in [2.45, 2.75) is 64.6 Å². The number of benzene rings is 3. The molecule has 0 aromatic heterocycles. The molecule has 0 radical (unpaired) electrons. The van der Waals surface area contributed by atoms with Gasteiger partial charge in [-0.15, -0.1) is 0 Å². The lowest BCUT2D eigenvalue weighted by Crippen LogP contribution is -3.62. The van der Waals surface area contributed by atoms with Gasteiger partial charge in [0.1, 0.15) is 0 Å². The number of alkyl halides is 2. The average Bonchev–Trinajstić information content (AvgIpc) is 2.86. The van der Waals surface area contributed by atoms with E-state index in [1.54, 1.807) is 59.9 Å². The lowest BCUT2D eigenvalue weighted by molar-refractivity contribution is -0.599. The van der Waals surface area contributed by atoms with Crippen molar-refractivity contribution in [3.63, 3.8) is 0 Å². The van der Waals surface area contributed by atoms with Gasteiger partial charge in [0, 0.05) is 14.7 Å². The minimum Gasteiger partial charge on any atom is -0.743 e. The first-order valence-electron chi connectivity index (χ1n) is 12.4. The van der Waals surface area contributed by atoms with Crippen LogP contribution >= 0.6 is 67.8 Å². The first-order chi connectivity index (χ1) is 18.9. The van der Waals surface area contributed by atoms with E-state index in [9.17, 15) is 26.5 Å². The Kier molecular flexibility index (Phi) is 14.2. The lowest BCUT2D eigenvalue weighted by Gasteiger charge is -2.18. The fraction of sp³-hybridized carbons (Fsp3) is 0.345. The van der Waals surface area contributed by atoms with Crippen LogP contribution in [-0.4, -0.2) is 24.2 Å². The summed E-state index contributed by atoms with van der Waals surface area (Å²) in [6.45, 7) is 13.9. The Morgan fingerprint density at radius 2 is 1.32 bits per heavy atom. The number of halogens is 6. The number of hydrogen-bond acceptors (Lipinski definition) is 5. The van der Waals surface area contributed by atoms with Gasteiger partial charge in [-0.1, -0.05) is 71.9 Å². The van der Waals surface area contributed by atoms with Crippen LogP contribution in [0.25, 0.3) is 0 Å². The summed E-state index contributed by atoms with van der Waals surface area (Å²) in [5, 5.41) is -5.12. The normalized spacial score (nSPS) is 12.0. The topological polar surface area (TPSA) is 83.5 Å². The highest BCUT2D eigenvalue weighted by Gasteiger charge is 2.49. The molecule has 0 heterocycles. The first kappa shape index (κ1) is 37.0. The highest BCUT2D eigenvalue weighted by atomic mass is 127. The largest absolute Gasteiger partial charge is 0.743 e. The van der Waals surface area contributed by atoms with Crippen LogP contribution in [-0.2, 0) is 14.9 Å². The maximum Gasteiger partial charge on any atom is 0.429 e. The van der Waals surface area contributed by atoms with Crippen molar-refractivity contribution in [3.8, 4) is 5.75 Å². The fourth-order valence-corrected chi connectivity index (χ4v) is 11.1. The van der Waals surface area contributed by atoms with Gasteiger partial charge >= 0.3 is 32.4 Å². The Labute approximate surface area is 292 Å². The van der Waals surface area contributed by atoms with E-state index < -0.39 is 21.3 Å². The van der Waals surface area contributed by atoms with Crippen molar-refractivity contribution in [1.82, 2.24) is 0 Å². The molecule has 0 fully saturated rings. The van der Waals surface area contributed by atoms with Gasteiger partial charge in [-0.05, 0) is 115 Å². The number of carbonyl (C=O) groups is 1. The van der Waals surface area contributed by atoms with Gasteiger partial charge in [0.15, 0.2) is 19.4 Å². The zero-order chi connectivity index (χ0) is 31.3. The summed E-state index contributed by atoms with van der Waals surface area (Å²) >= 11 is 5.32. The smallest absolute Gasteiger partial charge is 0.429 e. The second-order valence-electron chi connectivity index (χ2n) is 9.93. The van der Waals surface area contributed by atoms with E-state index in [1.165, 1.54) is 21.3 Å². The van der Waals surface area contributed by atoms with Gasteiger partial charge in [0.25, 0.3) is 0 Å². The molecular weight excluding hydrogens is 1010 g/mol. The van der Waals surface area contributed by atoms with Crippen molar-refractivity contribution in [2.75, 3.05) is 0 Å². The molecule has 0 N–H and O–H groups in total. The predicted molar refractivity (Wildman–Crippen MR) is 177 cm³/mol. The standard InChI is InChI=1S/C21H28I.C8H3F2I3O5S/c1-14(2)17-12-19(15(3)4)21(20(13-17)16(5)6)22-18-10-8-7-9-11-18;9-8(10,19(15,16)17)7(14)18-6-4(12)1-3(11)2-5(6)13/h7-16H,1-6H3;1-2H,(H,15,16,17)/q+1;/p-1. The molecular formula is C29H30F2I4O5S. The highest BCUT2D eigenvalue weighted by Crippen LogP contribution is 2.32. The minimum atomic E-state index is -6.12. The van der Waals surface area contributed by atoms with Gasteiger partial charge in [0.2, 0.25) is 3.57 Å². The average molecular weight is 1040 g/mol. The summed E-state index contributed by atoms with van der Waals surface area (Å²) < 4.78 is 65.8. The van der Waals surface area contributed by atoms with E-state index in [-0.39, 0.29) is 27.0 Å². The molecule has 41 heavy (non-hydrogen) atoms. The maximum atomic E-state index is 13.0. The highest BCUT2D eigenvalue weighted by molar-refractivity contribution is 14.1. The van der Waals surface area contributed by atoms with E-state index in [4.69, 9.17) is 0 Å². The van der Waals surface area contributed by atoms with Crippen molar-refractivity contribution in [1.29, 1.82) is 0 Å². The fourth-order valence-electron chi connectivity index (χ4n) is 3.44. The molecule has 0 aliphatic carbocycles. The Morgan fingerprint density at radius 1 is 0.854 bits per heavy atom. The van der Waals surface area contributed by atoms with E-state index in [2.05, 4.69) is 88.7 Å². The molecule has 0 bridgehead atoms. The Bertz CT molecular complexity index is 1430. The Morgan fingerprint density at radius 3 is 1.71 bits per heavy atom. The number of hydrogen-bond donors (Lipinski definition) is 0. The van der Waals surface area contributed by atoms with Crippen LogP contribution in [0, 0.1) is 17.9 Å². The molecule has 0 unspecified atom stereocenters. The molecule has 0 saturated heterocycles. The summed E-state index contributed by atoms with van der Waals surface area (Å²) in [6.07, 6.45) is 0. The lowest BCUT2D eigenvalue weighted by atomic mass is 9.90. The molecule has 0 atom stereocenters. The predicted octanol–water partition coefficient (Wildman–Crippen LogP) is 5.73. The van der Waals surface area contributed by atoms with E-state index in [0.29, 0.717) is 24.9 Å². The van der Waals surface area contributed by atoms with Gasteiger partial charge < -0.3 is 9.29 Å². The van der Waals surface area contributed by atoms with Gasteiger partial charge in [-0.25, -0.2) is 13.2 Å². The molecule has 0 spiro atoms. The second-order valence-corrected chi connectivity index (χ2v) is 17.8. The minimum absolute atomic E-state index is 0.114. The summed E-state index contributed by atoms with van der Waals surface area (Å²) in [6, 6.07) is 19.0. The van der Waals surface area contributed by atoms with Crippen LogP contribution in [0.15, 0.2) is 54.6 Å². The van der Waals surface area contributed by atoms with Crippen molar-refractivity contribution < 1.29 is 52.5 Å². The van der Waals surface area contributed by atoms with Crippen LogP contribution in [0.4, 0.5) is 8.78 Å². The number of rotatable bonds is 8. The molecule has 3 rings (SSSR count). The first-order valence-corrected chi connectivity index (χ1v) is 19.2. The Hall–Kier alpha value is -0.180. The van der Waals surface area contributed by atoms with Crippen molar-refractivity contribution >= 4 is 83.9 Å². The van der Waals surface area contributed by atoms with E-state index >= 15 is 0 Å². The summed E-state index contributed by atoms with van der Waals surface area (Å²) in [5.74, 6) is -0.849. The number of carbonyl (C=O) groups excluding carboxylic acids is 1. The van der Waals surface area contributed by atoms with Crippen LogP contribution in [0.2, 0.25) is 0 Å². The molecule has 0 saturated carbocycles. The zero-order valence-corrected chi connectivity index (χ0v) is 32.6. The number of esters is 1. The van der Waals surface area contributed by atoms with Crippen molar-refractivity contribution in [3.05, 3.63) is 89.1 Å². The monoisotopic (exact) mass is 1040 g/mol.